The minimum absolute atomic E-state index is 0.0376. The van der Waals surface area contributed by atoms with Crippen LogP contribution in [0.15, 0.2) is 72.8 Å². The second kappa shape index (κ2) is 8.24. The number of fused-ring (bicyclic) bond motifs is 4. The molecule has 1 aromatic carbocycles. The molecule has 9 heteroatoms. The summed E-state index contributed by atoms with van der Waals surface area (Å²) < 4.78 is 0. The molecule has 37 heavy (non-hydrogen) atoms. The van der Waals surface area contributed by atoms with Crippen molar-refractivity contribution >= 4 is 40.7 Å². The first-order valence-electron chi connectivity index (χ1n) is 12.4. The summed E-state index contributed by atoms with van der Waals surface area (Å²) in [6.45, 7) is 0.589. The van der Waals surface area contributed by atoms with Gasteiger partial charge in [-0.1, -0.05) is 35.9 Å². The van der Waals surface area contributed by atoms with Gasteiger partial charge in [-0.25, -0.2) is 15.0 Å². The van der Waals surface area contributed by atoms with Gasteiger partial charge in [0.15, 0.2) is 0 Å². The zero-order chi connectivity index (χ0) is 25.1. The maximum absolute atomic E-state index is 13.3. The van der Waals surface area contributed by atoms with Crippen LogP contribution in [0.4, 0.5) is 17.3 Å². The first kappa shape index (κ1) is 22.2. The van der Waals surface area contributed by atoms with E-state index >= 15 is 0 Å². The molecule has 1 fully saturated rings. The lowest BCUT2D eigenvalue weighted by Gasteiger charge is -2.20. The Morgan fingerprint density at radius 2 is 2.03 bits per heavy atom. The van der Waals surface area contributed by atoms with Gasteiger partial charge in [0.2, 0.25) is 5.91 Å². The van der Waals surface area contributed by atoms with Gasteiger partial charge in [-0.15, -0.1) is 0 Å². The molecule has 0 radical (unpaired) electrons. The lowest BCUT2D eigenvalue weighted by molar-refractivity contribution is -0.120. The predicted octanol–water partition coefficient (Wildman–Crippen LogP) is 4.51. The summed E-state index contributed by atoms with van der Waals surface area (Å²) in [5.74, 6) is 1.55. The van der Waals surface area contributed by atoms with E-state index in [0.717, 1.165) is 41.8 Å². The average Bonchev–Trinajstić information content (AvgIpc) is 3.57. The van der Waals surface area contributed by atoms with Crippen LogP contribution in [0.2, 0.25) is 5.02 Å². The fourth-order valence-corrected chi connectivity index (χ4v) is 6.39. The molecule has 2 aliphatic heterocycles. The number of carbonyl (C=O) groups is 2. The van der Waals surface area contributed by atoms with Crippen LogP contribution in [0.1, 0.15) is 34.5 Å². The number of allylic oxidation sites excluding steroid dienone is 3. The second-order valence-electron chi connectivity index (χ2n) is 10.0. The largest absolute Gasteiger partial charge is 0.340 e. The molecule has 7 rings (SSSR count). The Morgan fingerprint density at radius 3 is 2.95 bits per heavy atom. The van der Waals surface area contributed by atoms with Gasteiger partial charge in [0.05, 0.1) is 5.41 Å². The van der Waals surface area contributed by atoms with Crippen LogP contribution in [0.3, 0.4) is 0 Å². The minimum atomic E-state index is -0.543. The molecule has 184 valence electrons. The number of pyridine rings is 1. The van der Waals surface area contributed by atoms with E-state index in [-0.39, 0.29) is 23.7 Å². The van der Waals surface area contributed by atoms with E-state index < -0.39 is 5.41 Å². The van der Waals surface area contributed by atoms with Crippen molar-refractivity contribution in [1.29, 1.82) is 0 Å². The summed E-state index contributed by atoms with van der Waals surface area (Å²) in [6, 6.07) is 11.2. The Morgan fingerprint density at radius 1 is 1.14 bits per heavy atom. The third-order valence-corrected chi connectivity index (χ3v) is 8.21. The van der Waals surface area contributed by atoms with Crippen LogP contribution >= 0.6 is 11.6 Å². The summed E-state index contributed by atoms with van der Waals surface area (Å²) >= 11 is 6.17. The maximum Gasteiger partial charge on any atom is 0.277 e. The van der Waals surface area contributed by atoms with Crippen LogP contribution in [-0.2, 0) is 16.6 Å². The Balaban J connectivity index is 1.10. The Hall–Kier alpha value is -4.04. The molecule has 4 aliphatic rings. The summed E-state index contributed by atoms with van der Waals surface area (Å²) in [5, 5.41) is 6.90. The molecule has 3 atom stereocenters. The highest BCUT2D eigenvalue weighted by atomic mass is 35.5. The molecular formula is C28H23ClN6O2. The third kappa shape index (κ3) is 3.54. The SMILES string of the molecule is O=C(c1cc(NC2=CC3CC4(CC3C=C2)C(=O)Nc2ncccc24)ncn1)N1CCc2ccc(Cl)cc21. The fourth-order valence-electron chi connectivity index (χ4n) is 6.22. The standard InChI is InChI=1S/C28H23ClN6O2/c29-19-5-3-16-7-9-35(23(16)11-19)26(36)22-12-24(32-15-31-22)33-20-6-4-17-13-28(14-18(17)10-20)21-2-1-8-30-25(21)34-27(28)37/h1-6,8,10-12,15,17-18H,7,9,13-14H2,(H,30,34,37)(H,31,32,33). The quantitative estimate of drug-likeness (QED) is 0.538. The zero-order valence-electron chi connectivity index (χ0n) is 19.8. The van der Waals surface area contributed by atoms with E-state index in [1.165, 1.54) is 6.33 Å². The van der Waals surface area contributed by atoms with Crippen LogP contribution < -0.4 is 15.5 Å². The summed E-state index contributed by atoms with van der Waals surface area (Å²) in [5.41, 5.74) is 3.58. The Kier molecular flexibility index (Phi) is 4.94. The first-order valence-corrected chi connectivity index (χ1v) is 12.7. The van der Waals surface area contributed by atoms with Crippen LogP contribution in [0.25, 0.3) is 0 Å². The molecule has 2 aromatic heterocycles. The molecule has 2 aliphatic carbocycles. The highest BCUT2D eigenvalue weighted by molar-refractivity contribution is 6.31. The zero-order valence-corrected chi connectivity index (χ0v) is 20.6. The average molecular weight is 511 g/mol. The van der Waals surface area contributed by atoms with Gasteiger partial charge in [0, 0.05) is 40.8 Å². The number of carbonyl (C=O) groups excluding carboxylic acids is 2. The van der Waals surface area contributed by atoms with Crippen molar-refractivity contribution in [3.63, 3.8) is 0 Å². The molecule has 1 spiro atoms. The molecule has 3 unspecified atom stereocenters. The van der Waals surface area contributed by atoms with Gasteiger partial charge in [-0.05, 0) is 60.9 Å². The van der Waals surface area contributed by atoms with E-state index in [1.54, 1.807) is 17.2 Å². The molecule has 0 saturated heterocycles. The molecule has 2 amide bonds. The highest BCUT2D eigenvalue weighted by Gasteiger charge is 2.54. The van der Waals surface area contributed by atoms with Gasteiger partial charge >= 0.3 is 0 Å². The highest BCUT2D eigenvalue weighted by Crippen LogP contribution is 2.54. The van der Waals surface area contributed by atoms with Crippen molar-refractivity contribution < 1.29 is 9.59 Å². The van der Waals surface area contributed by atoms with E-state index in [9.17, 15) is 9.59 Å². The lowest BCUT2D eigenvalue weighted by Crippen LogP contribution is -2.31. The van der Waals surface area contributed by atoms with Crippen molar-refractivity contribution in [2.45, 2.75) is 24.7 Å². The molecule has 1 saturated carbocycles. The number of rotatable bonds is 3. The van der Waals surface area contributed by atoms with Crippen molar-refractivity contribution in [3.05, 3.63) is 94.7 Å². The molecule has 4 heterocycles. The number of anilines is 3. The van der Waals surface area contributed by atoms with E-state index in [1.807, 2.05) is 36.4 Å². The summed E-state index contributed by atoms with van der Waals surface area (Å²) in [6.07, 6.45) is 11.7. The molecule has 8 nitrogen and oxygen atoms in total. The fraction of sp³-hybridized carbons (Fsp3) is 0.250. The number of hydrogen-bond acceptors (Lipinski definition) is 6. The monoisotopic (exact) mass is 510 g/mol. The smallest absolute Gasteiger partial charge is 0.277 e. The van der Waals surface area contributed by atoms with Crippen LogP contribution in [0, 0.1) is 11.8 Å². The molecule has 2 N–H and O–H groups in total. The Bertz CT molecular complexity index is 1530. The van der Waals surface area contributed by atoms with Gasteiger partial charge in [-0.3, -0.25) is 9.59 Å². The van der Waals surface area contributed by atoms with E-state index in [4.69, 9.17) is 11.6 Å². The molecule has 0 bridgehead atoms. The number of aromatic nitrogens is 3. The topological polar surface area (TPSA) is 100 Å². The second-order valence-corrected chi connectivity index (χ2v) is 10.5. The number of nitrogens with zero attached hydrogens (tertiary/aromatic N) is 4. The van der Waals surface area contributed by atoms with Gasteiger partial charge in [0.25, 0.3) is 5.91 Å². The van der Waals surface area contributed by atoms with E-state index in [0.29, 0.717) is 28.9 Å². The van der Waals surface area contributed by atoms with Crippen molar-refractivity contribution in [3.8, 4) is 0 Å². The summed E-state index contributed by atoms with van der Waals surface area (Å²) in [4.78, 5) is 40.9. The first-order chi connectivity index (χ1) is 18.0. The number of nitrogens with one attached hydrogen (secondary N) is 2. The van der Waals surface area contributed by atoms with Gasteiger partial charge in [0.1, 0.15) is 23.7 Å². The minimum Gasteiger partial charge on any atom is -0.340 e. The predicted molar refractivity (Wildman–Crippen MR) is 140 cm³/mol. The normalized spacial score (nSPS) is 24.9. The van der Waals surface area contributed by atoms with Crippen molar-refractivity contribution in [1.82, 2.24) is 15.0 Å². The lowest BCUT2D eigenvalue weighted by atomic mass is 9.79. The van der Waals surface area contributed by atoms with Crippen LogP contribution in [-0.4, -0.2) is 33.3 Å². The Labute approximate surface area is 218 Å². The summed E-state index contributed by atoms with van der Waals surface area (Å²) in [7, 11) is 0. The van der Waals surface area contributed by atoms with Crippen molar-refractivity contribution in [2.75, 3.05) is 22.1 Å². The van der Waals surface area contributed by atoms with Crippen molar-refractivity contribution in [2.24, 2.45) is 11.8 Å². The van der Waals surface area contributed by atoms with E-state index in [2.05, 4.69) is 37.7 Å². The van der Waals surface area contributed by atoms with Gasteiger partial charge < -0.3 is 15.5 Å². The number of amides is 2. The third-order valence-electron chi connectivity index (χ3n) is 7.97. The molecular weight excluding hydrogens is 488 g/mol. The maximum atomic E-state index is 13.3. The van der Waals surface area contributed by atoms with Gasteiger partial charge in [-0.2, -0.15) is 0 Å². The number of hydrogen-bond donors (Lipinski definition) is 2. The number of halogens is 1. The van der Waals surface area contributed by atoms with Crippen LogP contribution in [0.5, 0.6) is 0 Å². The number of benzene rings is 1. The molecule has 3 aromatic rings.